The highest BCUT2D eigenvalue weighted by Crippen LogP contribution is 2.13. The first kappa shape index (κ1) is 17.9. The molecule has 0 aliphatic heterocycles. The van der Waals surface area contributed by atoms with Crippen LogP contribution in [0.15, 0.2) is 29.8 Å². The maximum Gasteiger partial charge on any atom is 0.221 e. The van der Waals surface area contributed by atoms with Crippen LogP contribution in [-0.2, 0) is 17.8 Å². The van der Waals surface area contributed by atoms with Crippen molar-refractivity contribution in [2.45, 2.75) is 26.3 Å². The molecule has 0 atom stereocenters. The summed E-state index contributed by atoms with van der Waals surface area (Å²) in [5, 5.41) is 3.64. The Kier molecular flexibility index (Phi) is 7.02. The van der Waals surface area contributed by atoms with E-state index in [1.807, 2.05) is 43.7 Å². The monoisotopic (exact) mass is 351 g/mol. The van der Waals surface area contributed by atoms with Gasteiger partial charge in [0.05, 0.1) is 11.2 Å². The standard InChI is InChI=1S/C17H22ClN3OS/c1-13-16(23-12-20-13)7-9-21(2)10-8-17(22)19-11-14-3-5-15(18)6-4-14/h3-6,12H,7-11H2,1-2H3,(H,19,22). The molecule has 2 aromatic rings. The van der Waals surface area contributed by atoms with Crippen LogP contribution in [-0.4, -0.2) is 35.9 Å². The van der Waals surface area contributed by atoms with Gasteiger partial charge in [-0.15, -0.1) is 11.3 Å². The molecule has 6 heteroatoms. The summed E-state index contributed by atoms with van der Waals surface area (Å²) in [5.41, 5.74) is 4.05. The number of benzene rings is 1. The molecule has 0 saturated heterocycles. The van der Waals surface area contributed by atoms with Gasteiger partial charge in [-0.25, -0.2) is 4.98 Å². The van der Waals surface area contributed by atoms with Crippen LogP contribution in [0.5, 0.6) is 0 Å². The number of hydrogen-bond donors (Lipinski definition) is 1. The van der Waals surface area contributed by atoms with Gasteiger partial charge in [-0.2, -0.15) is 0 Å². The van der Waals surface area contributed by atoms with E-state index in [9.17, 15) is 4.79 Å². The van der Waals surface area contributed by atoms with Crippen LogP contribution in [0.3, 0.4) is 0 Å². The van der Waals surface area contributed by atoms with Crippen molar-refractivity contribution in [2.75, 3.05) is 20.1 Å². The minimum absolute atomic E-state index is 0.0702. The molecule has 0 aliphatic carbocycles. The van der Waals surface area contributed by atoms with Gasteiger partial charge in [0.25, 0.3) is 0 Å². The molecule has 1 aromatic carbocycles. The average Bonchev–Trinajstić information content (AvgIpc) is 2.95. The number of carbonyl (C=O) groups excluding carboxylic acids is 1. The Morgan fingerprint density at radius 2 is 2.04 bits per heavy atom. The molecule has 1 heterocycles. The summed E-state index contributed by atoms with van der Waals surface area (Å²) in [4.78, 5) is 19.7. The fourth-order valence-electron chi connectivity index (χ4n) is 2.15. The summed E-state index contributed by atoms with van der Waals surface area (Å²) in [6, 6.07) is 7.51. The Bertz CT molecular complexity index is 627. The van der Waals surface area contributed by atoms with Crippen LogP contribution >= 0.6 is 22.9 Å². The molecule has 4 nitrogen and oxygen atoms in total. The molecule has 0 fully saturated rings. The van der Waals surface area contributed by atoms with Crippen LogP contribution in [0.2, 0.25) is 5.02 Å². The topological polar surface area (TPSA) is 45.2 Å². The zero-order chi connectivity index (χ0) is 16.7. The van der Waals surface area contributed by atoms with Gasteiger partial charge in [-0.3, -0.25) is 4.79 Å². The van der Waals surface area contributed by atoms with Crippen molar-refractivity contribution >= 4 is 28.8 Å². The number of aryl methyl sites for hydroxylation is 1. The minimum Gasteiger partial charge on any atom is -0.352 e. The van der Waals surface area contributed by atoms with Crippen molar-refractivity contribution in [1.29, 1.82) is 0 Å². The van der Waals surface area contributed by atoms with E-state index in [2.05, 4.69) is 15.2 Å². The van der Waals surface area contributed by atoms with Gasteiger partial charge >= 0.3 is 0 Å². The van der Waals surface area contributed by atoms with Crippen LogP contribution in [0.4, 0.5) is 0 Å². The molecule has 0 bridgehead atoms. The molecule has 0 radical (unpaired) electrons. The maximum absolute atomic E-state index is 11.9. The lowest BCUT2D eigenvalue weighted by atomic mass is 10.2. The fourth-order valence-corrected chi connectivity index (χ4v) is 3.05. The number of amides is 1. The molecule has 2 rings (SSSR count). The normalized spacial score (nSPS) is 11.0. The van der Waals surface area contributed by atoms with Crippen LogP contribution in [0.1, 0.15) is 22.6 Å². The van der Waals surface area contributed by atoms with Crippen molar-refractivity contribution in [3.05, 3.63) is 50.9 Å². The first-order valence-electron chi connectivity index (χ1n) is 7.63. The molecule has 0 spiro atoms. The van der Waals surface area contributed by atoms with E-state index in [0.717, 1.165) is 30.8 Å². The lowest BCUT2D eigenvalue weighted by Gasteiger charge is -2.16. The van der Waals surface area contributed by atoms with Gasteiger partial charge in [0.15, 0.2) is 0 Å². The highest BCUT2D eigenvalue weighted by molar-refractivity contribution is 7.09. The van der Waals surface area contributed by atoms with Gasteiger partial charge in [0.2, 0.25) is 5.91 Å². The highest BCUT2D eigenvalue weighted by atomic mass is 35.5. The molecule has 1 amide bonds. The summed E-state index contributed by atoms with van der Waals surface area (Å²) < 4.78 is 0. The second kappa shape index (κ2) is 9.01. The van der Waals surface area contributed by atoms with Crippen molar-refractivity contribution < 1.29 is 4.79 Å². The lowest BCUT2D eigenvalue weighted by molar-refractivity contribution is -0.121. The number of rotatable bonds is 8. The SMILES string of the molecule is Cc1ncsc1CCN(C)CCC(=O)NCc1ccc(Cl)cc1. The second-order valence-corrected chi connectivity index (χ2v) is 6.94. The third kappa shape index (κ3) is 6.29. The first-order valence-corrected chi connectivity index (χ1v) is 8.89. The quantitative estimate of drug-likeness (QED) is 0.793. The van der Waals surface area contributed by atoms with Crippen molar-refractivity contribution in [3.63, 3.8) is 0 Å². The Hall–Kier alpha value is -1.43. The third-order valence-corrected chi connectivity index (χ3v) is 4.94. The Labute approximate surface area is 146 Å². The predicted molar refractivity (Wildman–Crippen MR) is 96.0 cm³/mol. The zero-order valence-corrected chi connectivity index (χ0v) is 15.1. The summed E-state index contributed by atoms with van der Waals surface area (Å²) in [6.07, 6.45) is 1.49. The van der Waals surface area contributed by atoms with Gasteiger partial charge in [0, 0.05) is 36.0 Å². The number of nitrogens with zero attached hydrogens (tertiary/aromatic N) is 2. The number of thiazole rings is 1. The summed E-state index contributed by atoms with van der Waals surface area (Å²) in [6.45, 7) is 4.27. The molecule has 1 aromatic heterocycles. The van der Waals surface area contributed by atoms with E-state index in [1.54, 1.807) is 11.3 Å². The molecule has 0 aliphatic rings. The molecular weight excluding hydrogens is 330 g/mol. The first-order chi connectivity index (χ1) is 11.0. The average molecular weight is 352 g/mol. The van der Waals surface area contributed by atoms with Gasteiger partial charge in [-0.05, 0) is 38.1 Å². The van der Waals surface area contributed by atoms with Crippen LogP contribution in [0.25, 0.3) is 0 Å². The van der Waals surface area contributed by atoms with E-state index < -0.39 is 0 Å². The van der Waals surface area contributed by atoms with Crippen LogP contribution < -0.4 is 5.32 Å². The number of carbonyl (C=O) groups is 1. The van der Waals surface area contributed by atoms with Crippen molar-refractivity contribution in [1.82, 2.24) is 15.2 Å². The van der Waals surface area contributed by atoms with Crippen molar-refractivity contribution in [3.8, 4) is 0 Å². The highest BCUT2D eigenvalue weighted by Gasteiger charge is 2.07. The van der Waals surface area contributed by atoms with Gasteiger partial charge in [0.1, 0.15) is 0 Å². The van der Waals surface area contributed by atoms with Gasteiger partial charge < -0.3 is 10.2 Å². The zero-order valence-electron chi connectivity index (χ0n) is 13.5. The molecule has 1 N–H and O–H groups in total. The number of likely N-dealkylation sites (N-methyl/N-ethyl adjacent to an activating group) is 1. The van der Waals surface area contributed by atoms with E-state index in [-0.39, 0.29) is 5.91 Å². The molecule has 0 saturated carbocycles. The summed E-state index contributed by atoms with van der Waals surface area (Å²) in [5.74, 6) is 0.0702. The molecule has 0 unspecified atom stereocenters. The largest absolute Gasteiger partial charge is 0.352 e. The smallest absolute Gasteiger partial charge is 0.221 e. The fraction of sp³-hybridized carbons (Fsp3) is 0.412. The number of aromatic nitrogens is 1. The predicted octanol–water partition coefficient (Wildman–Crippen LogP) is 3.29. The van der Waals surface area contributed by atoms with Gasteiger partial charge in [-0.1, -0.05) is 23.7 Å². The lowest BCUT2D eigenvalue weighted by Crippen LogP contribution is -2.29. The summed E-state index contributed by atoms with van der Waals surface area (Å²) in [7, 11) is 2.04. The summed E-state index contributed by atoms with van der Waals surface area (Å²) >= 11 is 7.54. The molecular formula is C17H22ClN3OS. The second-order valence-electron chi connectivity index (χ2n) is 5.57. The number of halogens is 1. The van der Waals surface area contributed by atoms with E-state index >= 15 is 0 Å². The maximum atomic E-state index is 11.9. The Morgan fingerprint density at radius 1 is 1.30 bits per heavy atom. The van der Waals surface area contributed by atoms with E-state index in [1.165, 1.54) is 4.88 Å². The number of hydrogen-bond acceptors (Lipinski definition) is 4. The Morgan fingerprint density at radius 3 is 2.70 bits per heavy atom. The Balaban J connectivity index is 1.63. The molecule has 124 valence electrons. The van der Waals surface area contributed by atoms with E-state index in [0.29, 0.717) is 18.0 Å². The van der Waals surface area contributed by atoms with E-state index in [4.69, 9.17) is 11.6 Å². The number of nitrogens with one attached hydrogen (secondary N) is 1. The van der Waals surface area contributed by atoms with Crippen LogP contribution in [0, 0.1) is 6.92 Å². The third-order valence-electron chi connectivity index (χ3n) is 3.69. The van der Waals surface area contributed by atoms with Crippen molar-refractivity contribution in [2.24, 2.45) is 0 Å². The minimum atomic E-state index is 0.0702. The molecule has 23 heavy (non-hydrogen) atoms.